The van der Waals surface area contributed by atoms with Crippen LogP contribution in [0.2, 0.25) is 0 Å². The first kappa shape index (κ1) is 16.2. The zero-order valence-corrected chi connectivity index (χ0v) is 13.5. The Labute approximate surface area is 121 Å². The van der Waals surface area contributed by atoms with Crippen molar-refractivity contribution in [2.45, 2.75) is 33.4 Å². The normalized spacial score (nSPS) is 12.7. The summed E-state index contributed by atoms with van der Waals surface area (Å²) in [4.78, 5) is 11.1. The van der Waals surface area contributed by atoms with E-state index in [1.54, 1.807) is 0 Å². The largest absolute Gasteiger partial charge is 0.355 e. The maximum Gasteiger partial charge on any atom is 0.147 e. The molecule has 5 heteroatoms. The van der Waals surface area contributed by atoms with E-state index in [2.05, 4.69) is 54.3 Å². The highest BCUT2D eigenvalue weighted by atomic mass is 32.2. The number of anilines is 1. The molecule has 0 aliphatic carbocycles. The lowest BCUT2D eigenvalue weighted by atomic mass is 10.2. The summed E-state index contributed by atoms with van der Waals surface area (Å²) in [5, 5.41) is 3.40. The lowest BCUT2D eigenvalue weighted by molar-refractivity contribution is 0.547. The molecule has 0 amide bonds. The molecule has 1 aromatic rings. The predicted octanol–water partition coefficient (Wildman–Crippen LogP) is 2.41. The summed E-state index contributed by atoms with van der Waals surface area (Å²) < 4.78 is 0. The number of aromatic nitrogens is 2. The summed E-state index contributed by atoms with van der Waals surface area (Å²) in [6.45, 7) is 8.40. The molecule has 1 heterocycles. The fraction of sp³-hybridized carbons (Fsp3) is 0.714. The van der Waals surface area contributed by atoms with Gasteiger partial charge in [-0.3, -0.25) is 4.98 Å². The molecule has 1 aromatic heterocycles. The Hall–Kier alpha value is -0.810. The van der Waals surface area contributed by atoms with Gasteiger partial charge in [-0.25, -0.2) is 4.98 Å². The van der Waals surface area contributed by atoms with Crippen molar-refractivity contribution in [3.05, 3.63) is 18.1 Å². The number of hydrogen-bond acceptors (Lipinski definition) is 5. The van der Waals surface area contributed by atoms with E-state index in [9.17, 15) is 0 Å². The van der Waals surface area contributed by atoms with Crippen molar-refractivity contribution in [1.82, 2.24) is 15.3 Å². The second-order valence-electron chi connectivity index (χ2n) is 5.31. The lowest BCUT2D eigenvalue weighted by Gasteiger charge is -2.25. The average molecular weight is 282 g/mol. The molecule has 19 heavy (non-hydrogen) atoms. The monoisotopic (exact) mass is 282 g/mol. The maximum atomic E-state index is 4.66. The van der Waals surface area contributed by atoms with Crippen LogP contribution in [0.4, 0.5) is 5.82 Å². The van der Waals surface area contributed by atoms with Crippen LogP contribution >= 0.6 is 11.8 Å². The first-order chi connectivity index (χ1) is 9.04. The first-order valence-corrected chi connectivity index (χ1v) is 8.17. The van der Waals surface area contributed by atoms with Gasteiger partial charge in [0.1, 0.15) is 5.82 Å². The fourth-order valence-electron chi connectivity index (χ4n) is 1.72. The molecule has 0 aromatic carbocycles. The second-order valence-corrected chi connectivity index (χ2v) is 6.22. The molecule has 0 aliphatic rings. The van der Waals surface area contributed by atoms with Crippen LogP contribution in [0.5, 0.6) is 0 Å². The first-order valence-electron chi connectivity index (χ1n) is 6.78. The minimum atomic E-state index is 0.461. The number of nitrogens with one attached hydrogen (secondary N) is 1. The second kappa shape index (κ2) is 8.38. The van der Waals surface area contributed by atoms with Crippen molar-refractivity contribution in [2.75, 3.05) is 30.5 Å². The van der Waals surface area contributed by atoms with Crippen molar-refractivity contribution in [2.24, 2.45) is 5.92 Å². The van der Waals surface area contributed by atoms with Crippen molar-refractivity contribution in [3.63, 3.8) is 0 Å². The average Bonchev–Trinajstić information content (AvgIpc) is 2.38. The smallest absolute Gasteiger partial charge is 0.147 e. The molecule has 1 N–H and O–H groups in total. The summed E-state index contributed by atoms with van der Waals surface area (Å²) in [5.74, 6) is 2.69. The molecule has 4 nitrogen and oxygen atoms in total. The van der Waals surface area contributed by atoms with Gasteiger partial charge in [0.15, 0.2) is 0 Å². The summed E-state index contributed by atoms with van der Waals surface area (Å²) in [5.41, 5.74) is 1.00. The zero-order chi connectivity index (χ0) is 14.3. The van der Waals surface area contributed by atoms with Crippen LogP contribution in [0.15, 0.2) is 12.4 Å². The summed E-state index contributed by atoms with van der Waals surface area (Å²) in [7, 11) is 2.08. The predicted molar refractivity (Wildman–Crippen MR) is 84.8 cm³/mol. The van der Waals surface area contributed by atoms with Gasteiger partial charge < -0.3 is 10.2 Å². The third kappa shape index (κ3) is 5.78. The van der Waals surface area contributed by atoms with E-state index < -0.39 is 0 Å². The summed E-state index contributed by atoms with van der Waals surface area (Å²) >= 11 is 1.85. The Balaban J connectivity index is 2.60. The minimum absolute atomic E-state index is 0.461. The van der Waals surface area contributed by atoms with E-state index in [1.807, 2.05) is 24.2 Å². The van der Waals surface area contributed by atoms with E-state index in [1.165, 1.54) is 0 Å². The van der Waals surface area contributed by atoms with E-state index in [0.29, 0.717) is 12.0 Å². The van der Waals surface area contributed by atoms with Crippen molar-refractivity contribution in [3.8, 4) is 0 Å². The topological polar surface area (TPSA) is 41.1 Å². The summed E-state index contributed by atoms with van der Waals surface area (Å²) in [6.07, 6.45) is 5.80. The van der Waals surface area contributed by atoms with Crippen molar-refractivity contribution in [1.29, 1.82) is 0 Å². The Kier molecular flexibility index (Phi) is 7.16. The molecule has 1 unspecified atom stereocenters. The quantitative estimate of drug-likeness (QED) is 0.793. The van der Waals surface area contributed by atoms with Crippen LogP contribution in [0.3, 0.4) is 0 Å². The van der Waals surface area contributed by atoms with Crippen LogP contribution in [0, 0.1) is 5.92 Å². The molecule has 0 saturated carbocycles. The Morgan fingerprint density at radius 2 is 2.05 bits per heavy atom. The molecule has 0 spiro atoms. The third-order valence-electron chi connectivity index (χ3n) is 2.96. The van der Waals surface area contributed by atoms with Gasteiger partial charge in [-0.2, -0.15) is 11.8 Å². The van der Waals surface area contributed by atoms with Gasteiger partial charge in [-0.05, 0) is 25.6 Å². The van der Waals surface area contributed by atoms with E-state index >= 15 is 0 Å². The Morgan fingerprint density at radius 3 is 2.68 bits per heavy atom. The molecule has 0 bridgehead atoms. The van der Waals surface area contributed by atoms with Crippen LogP contribution in [-0.4, -0.2) is 41.6 Å². The highest BCUT2D eigenvalue weighted by molar-refractivity contribution is 7.98. The molecule has 0 aliphatic heterocycles. The number of rotatable bonds is 8. The van der Waals surface area contributed by atoms with E-state index in [0.717, 1.165) is 30.4 Å². The third-order valence-corrected chi connectivity index (χ3v) is 3.78. The number of thioether (sulfide) groups is 1. The molecule has 0 fully saturated rings. The molecular weight excluding hydrogens is 256 g/mol. The van der Waals surface area contributed by atoms with Gasteiger partial charge in [0, 0.05) is 31.6 Å². The Bertz CT molecular complexity index is 370. The molecule has 1 rings (SSSR count). The van der Waals surface area contributed by atoms with Gasteiger partial charge >= 0.3 is 0 Å². The summed E-state index contributed by atoms with van der Waals surface area (Å²) in [6, 6.07) is 0.461. The number of nitrogens with zero attached hydrogens (tertiary/aromatic N) is 3. The van der Waals surface area contributed by atoms with Gasteiger partial charge in [-0.15, -0.1) is 0 Å². The molecule has 108 valence electrons. The molecular formula is C14H26N4S. The van der Waals surface area contributed by atoms with E-state index in [4.69, 9.17) is 0 Å². The molecule has 0 radical (unpaired) electrons. The van der Waals surface area contributed by atoms with E-state index in [-0.39, 0.29) is 0 Å². The van der Waals surface area contributed by atoms with Crippen LogP contribution < -0.4 is 10.2 Å². The van der Waals surface area contributed by atoms with Crippen molar-refractivity contribution < 1.29 is 0 Å². The highest BCUT2D eigenvalue weighted by Crippen LogP contribution is 2.13. The minimum Gasteiger partial charge on any atom is -0.355 e. The SMILES string of the molecule is CSCC(C)N(C)c1cncc(CNCC(C)C)n1. The lowest BCUT2D eigenvalue weighted by Crippen LogP contribution is -2.32. The Morgan fingerprint density at radius 1 is 1.32 bits per heavy atom. The zero-order valence-electron chi connectivity index (χ0n) is 12.7. The van der Waals surface area contributed by atoms with Gasteiger partial charge in [0.2, 0.25) is 0 Å². The fourth-order valence-corrected chi connectivity index (χ4v) is 2.42. The molecule has 0 saturated heterocycles. The van der Waals surface area contributed by atoms with Gasteiger partial charge in [0.25, 0.3) is 0 Å². The van der Waals surface area contributed by atoms with Crippen molar-refractivity contribution >= 4 is 17.6 Å². The van der Waals surface area contributed by atoms with Gasteiger partial charge in [-0.1, -0.05) is 13.8 Å². The standard InChI is InChI=1S/C14H26N4S/c1-11(2)6-15-7-13-8-16-9-14(17-13)18(4)12(3)10-19-5/h8-9,11-12,15H,6-7,10H2,1-5H3. The van der Waals surface area contributed by atoms with Crippen LogP contribution in [0.25, 0.3) is 0 Å². The van der Waals surface area contributed by atoms with Crippen LogP contribution in [-0.2, 0) is 6.54 Å². The van der Waals surface area contributed by atoms with Gasteiger partial charge in [0.05, 0.1) is 11.9 Å². The number of hydrogen-bond donors (Lipinski definition) is 1. The maximum absolute atomic E-state index is 4.66. The van der Waals surface area contributed by atoms with Crippen LogP contribution in [0.1, 0.15) is 26.5 Å². The molecule has 1 atom stereocenters. The highest BCUT2D eigenvalue weighted by Gasteiger charge is 2.11.